The van der Waals surface area contributed by atoms with E-state index in [0.29, 0.717) is 30.8 Å². The largest absolute Gasteiger partial charge is 0.488 e. The highest BCUT2D eigenvalue weighted by Gasteiger charge is 2.36. The number of thiophene rings is 1. The predicted molar refractivity (Wildman–Crippen MR) is 105 cm³/mol. The first-order valence-corrected chi connectivity index (χ1v) is 11.1. The van der Waals surface area contributed by atoms with Crippen molar-refractivity contribution in [2.75, 3.05) is 24.9 Å². The van der Waals surface area contributed by atoms with Gasteiger partial charge in [-0.3, -0.25) is 14.8 Å². The van der Waals surface area contributed by atoms with Gasteiger partial charge in [0.15, 0.2) is 4.34 Å². The predicted octanol–water partition coefficient (Wildman–Crippen LogP) is 4.21. The molecule has 1 atom stereocenters. The Labute approximate surface area is 178 Å². The number of hydrogen-bond acceptors (Lipinski definition) is 7. The number of anilines is 1. The van der Waals surface area contributed by atoms with Crippen LogP contribution in [0.15, 0.2) is 28.5 Å². The Balaban J connectivity index is 1.91. The van der Waals surface area contributed by atoms with Crippen molar-refractivity contribution in [3.05, 3.63) is 44.3 Å². The Hall–Kier alpha value is -2.09. The van der Waals surface area contributed by atoms with Gasteiger partial charge in [0, 0.05) is 25.2 Å². The Kier molecular flexibility index (Phi) is 6.18. The Morgan fingerprint density at radius 3 is 2.60 bits per heavy atom. The summed E-state index contributed by atoms with van der Waals surface area (Å²) in [5.74, 6) is -0.502. The number of likely N-dealkylation sites (tertiary alicyclic amines) is 1. The van der Waals surface area contributed by atoms with Crippen molar-refractivity contribution in [1.29, 1.82) is 0 Å². The zero-order valence-corrected chi connectivity index (χ0v) is 17.7. The minimum absolute atomic E-state index is 0.184. The lowest BCUT2D eigenvalue weighted by Gasteiger charge is -2.19. The molecular formula is C16H15ClF3N3O5S2. The Morgan fingerprint density at radius 1 is 1.37 bits per heavy atom. The molecule has 2 aromatic rings. The number of alkyl halides is 3. The van der Waals surface area contributed by atoms with Crippen LogP contribution in [0.25, 0.3) is 0 Å². The van der Waals surface area contributed by atoms with Gasteiger partial charge in [-0.1, -0.05) is 11.6 Å². The minimum atomic E-state index is -4.70. The Morgan fingerprint density at radius 2 is 2.07 bits per heavy atom. The van der Waals surface area contributed by atoms with Gasteiger partial charge in [-0.15, -0.1) is 11.3 Å². The summed E-state index contributed by atoms with van der Waals surface area (Å²) in [6.07, 6.45) is -4.64. The number of likely N-dealkylation sites (N-methyl/N-ethyl adjacent to an activating group) is 1. The summed E-state index contributed by atoms with van der Waals surface area (Å²) >= 11 is 6.15. The van der Waals surface area contributed by atoms with Crippen LogP contribution < -0.4 is 9.46 Å². The molecule has 1 N–H and O–H groups in total. The molecule has 0 radical (unpaired) electrons. The van der Waals surface area contributed by atoms with Crippen molar-refractivity contribution in [2.24, 2.45) is 0 Å². The van der Waals surface area contributed by atoms with Crippen molar-refractivity contribution in [1.82, 2.24) is 4.90 Å². The second-order valence-electron chi connectivity index (χ2n) is 6.59. The summed E-state index contributed by atoms with van der Waals surface area (Å²) in [4.78, 5) is 11.9. The summed E-state index contributed by atoms with van der Waals surface area (Å²) < 4.78 is 71.9. The first kappa shape index (κ1) is 22.6. The van der Waals surface area contributed by atoms with Crippen molar-refractivity contribution in [3.63, 3.8) is 0 Å². The highest BCUT2D eigenvalue weighted by Crippen LogP contribution is 2.40. The van der Waals surface area contributed by atoms with Crippen LogP contribution in [0, 0.1) is 10.1 Å². The summed E-state index contributed by atoms with van der Waals surface area (Å²) in [5.41, 5.74) is -1.80. The molecular weight excluding hydrogens is 471 g/mol. The first-order chi connectivity index (χ1) is 13.9. The summed E-state index contributed by atoms with van der Waals surface area (Å²) in [6, 6.07) is 3.39. The highest BCUT2D eigenvalue weighted by molar-refractivity contribution is 7.94. The maximum Gasteiger partial charge on any atom is 0.419 e. The fourth-order valence-corrected chi connectivity index (χ4v) is 5.60. The van der Waals surface area contributed by atoms with Gasteiger partial charge >= 0.3 is 6.18 Å². The molecule has 164 valence electrons. The average molecular weight is 486 g/mol. The normalized spacial score (nSPS) is 17.8. The van der Waals surface area contributed by atoms with Gasteiger partial charge < -0.3 is 9.64 Å². The molecule has 14 heteroatoms. The number of sulfonamides is 1. The van der Waals surface area contributed by atoms with Gasteiger partial charge in [0.25, 0.3) is 15.7 Å². The lowest BCUT2D eigenvalue weighted by molar-refractivity contribution is -0.384. The molecule has 1 aromatic heterocycles. The van der Waals surface area contributed by atoms with Gasteiger partial charge in [0.1, 0.15) is 16.1 Å². The maximum absolute atomic E-state index is 13.4. The van der Waals surface area contributed by atoms with E-state index < -0.39 is 48.4 Å². The van der Waals surface area contributed by atoms with Crippen LogP contribution in [0.2, 0.25) is 4.34 Å². The van der Waals surface area contributed by atoms with E-state index in [1.807, 2.05) is 11.9 Å². The molecule has 3 rings (SSSR count). The van der Waals surface area contributed by atoms with Crippen LogP contribution in [0.3, 0.4) is 0 Å². The van der Waals surface area contributed by atoms with Crippen molar-refractivity contribution >= 4 is 44.3 Å². The smallest absolute Gasteiger partial charge is 0.419 e. The monoisotopic (exact) mass is 485 g/mol. The van der Waals surface area contributed by atoms with Crippen molar-refractivity contribution < 1.29 is 31.2 Å². The van der Waals surface area contributed by atoms with Gasteiger partial charge in [-0.25, -0.2) is 8.42 Å². The van der Waals surface area contributed by atoms with Gasteiger partial charge in [-0.05, 0) is 25.6 Å². The summed E-state index contributed by atoms with van der Waals surface area (Å²) in [6.45, 7) is 1.10. The zero-order chi connectivity index (χ0) is 22.3. The van der Waals surface area contributed by atoms with E-state index in [1.165, 1.54) is 0 Å². The van der Waals surface area contributed by atoms with E-state index in [-0.39, 0.29) is 10.0 Å². The third-order valence-corrected chi connectivity index (χ3v) is 7.48. The number of hydrogen-bond donors (Lipinski definition) is 1. The molecule has 1 aliphatic rings. The average Bonchev–Trinajstić information content (AvgIpc) is 3.19. The topological polar surface area (TPSA) is 102 Å². The number of rotatable bonds is 6. The molecule has 1 unspecified atom stereocenters. The van der Waals surface area contributed by atoms with Crippen molar-refractivity contribution in [2.45, 2.75) is 22.9 Å². The second kappa shape index (κ2) is 8.21. The summed E-state index contributed by atoms with van der Waals surface area (Å²) in [7, 11) is -2.51. The van der Waals surface area contributed by atoms with E-state index in [4.69, 9.17) is 16.3 Å². The van der Waals surface area contributed by atoms with E-state index in [0.717, 1.165) is 24.3 Å². The molecule has 1 aromatic carbocycles. The molecule has 0 amide bonds. The minimum Gasteiger partial charge on any atom is -0.488 e. The number of nitrogens with zero attached hydrogens (tertiary/aromatic N) is 2. The van der Waals surface area contributed by atoms with E-state index in [1.54, 1.807) is 0 Å². The van der Waals surface area contributed by atoms with Crippen LogP contribution in [0.1, 0.15) is 12.0 Å². The van der Waals surface area contributed by atoms with Crippen LogP contribution in [-0.2, 0) is 16.2 Å². The molecule has 1 fully saturated rings. The van der Waals surface area contributed by atoms with E-state index in [9.17, 15) is 31.7 Å². The molecule has 1 saturated heterocycles. The van der Waals surface area contributed by atoms with Crippen LogP contribution >= 0.6 is 22.9 Å². The molecule has 8 nitrogen and oxygen atoms in total. The zero-order valence-electron chi connectivity index (χ0n) is 15.3. The van der Waals surface area contributed by atoms with Crippen LogP contribution in [-0.4, -0.2) is 44.5 Å². The van der Waals surface area contributed by atoms with Gasteiger partial charge in [0.2, 0.25) is 0 Å². The third-order valence-electron chi connectivity index (χ3n) is 4.29. The maximum atomic E-state index is 13.4. The number of nitro groups is 1. The van der Waals surface area contributed by atoms with Crippen LogP contribution in [0.5, 0.6) is 5.75 Å². The second-order valence-corrected chi connectivity index (χ2v) is 10.1. The molecule has 30 heavy (non-hydrogen) atoms. The first-order valence-electron chi connectivity index (χ1n) is 8.40. The molecule has 1 aliphatic heterocycles. The van der Waals surface area contributed by atoms with E-state index in [2.05, 4.69) is 4.72 Å². The van der Waals surface area contributed by atoms with Crippen LogP contribution in [0.4, 0.5) is 24.5 Å². The number of nitrogens with one attached hydrogen (secondary N) is 1. The van der Waals surface area contributed by atoms with Gasteiger partial charge in [-0.2, -0.15) is 13.2 Å². The van der Waals surface area contributed by atoms with Crippen molar-refractivity contribution in [3.8, 4) is 5.75 Å². The standard InChI is InChI=1S/C16H15ClF3N3O5S2/c1-22-5-4-10(8-22)28-13-6-9(2-3-11(13)16(18,19)20)21-30(26,27)14-7-12(23(24)25)15(17)29-14/h2-3,6-7,10,21H,4-5,8H2,1H3. The number of ether oxygens (including phenoxy) is 1. The quantitative estimate of drug-likeness (QED) is 0.485. The molecule has 0 aliphatic carbocycles. The molecule has 0 spiro atoms. The number of halogens is 4. The van der Waals surface area contributed by atoms with E-state index >= 15 is 0 Å². The van der Waals surface area contributed by atoms with Gasteiger partial charge in [0.05, 0.1) is 16.2 Å². The molecule has 0 saturated carbocycles. The highest BCUT2D eigenvalue weighted by atomic mass is 35.5. The third kappa shape index (κ3) is 4.96. The number of benzene rings is 1. The SMILES string of the molecule is CN1CCC(Oc2cc(NS(=O)(=O)c3cc([N+](=O)[O-])c(Cl)s3)ccc2C(F)(F)F)C1. The Bertz CT molecular complexity index is 1070. The lowest BCUT2D eigenvalue weighted by atomic mass is 10.1. The fourth-order valence-electron chi connectivity index (χ4n) is 2.89. The molecule has 2 heterocycles. The fraction of sp³-hybridized carbons (Fsp3) is 0.375. The molecule has 0 bridgehead atoms. The lowest BCUT2D eigenvalue weighted by Crippen LogP contribution is -2.23. The summed E-state index contributed by atoms with van der Waals surface area (Å²) in [5, 5.41) is 10.9.